The number of hydrogen-bond donors (Lipinski definition) is 2. The third kappa shape index (κ3) is 1.71. The number of hydrogen-bond acceptors (Lipinski definition) is 2. The predicted octanol–water partition coefficient (Wildman–Crippen LogP) is 2.88. The van der Waals surface area contributed by atoms with Crippen LogP contribution in [-0.4, -0.2) is 25.8 Å². The first kappa shape index (κ1) is 12.5. The number of nitrogens with one attached hydrogen (secondary N) is 1. The van der Waals surface area contributed by atoms with Crippen LogP contribution >= 0.6 is 0 Å². The van der Waals surface area contributed by atoms with E-state index in [9.17, 15) is 4.79 Å². The summed E-state index contributed by atoms with van der Waals surface area (Å²) in [6.07, 6.45) is 0. The van der Waals surface area contributed by atoms with Crippen molar-refractivity contribution in [1.29, 1.82) is 0 Å². The van der Waals surface area contributed by atoms with E-state index in [1.807, 2.05) is 19.2 Å². The van der Waals surface area contributed by atoms with Gasteiger partial charge in [-0.3, -0.25) is 5.10 Å². The molecule has 0 aliphatic heterocycles. The SMILES string of the molecule is Cc1c(C)n(C)c2ccc(-c3cc(C(=O)O)[nH]n3)cc12. The standard InChI is InChI=1S/C15H15N3O2/c1-8-9(2)18(3)14-5-4-10(6-11(8)14)12-7-13(15(19)20)17-16-12/h4-7H,1-3H3,(H,16,17)(H,19,20). The molecule has 0 saturated carbocycles. The topological polar surface area (TPSA) is 70.9 Å². The number of nitrogens with zero attached hydrogens (tertiary/aromatic N) is 2. The molecule has 0 aliphatic carbocycles. The summed E-state index contributed by atoms with van der Waals surface area (Å²) in [7, 11) is 2.04. The summed E-state index contributed by atoms with van der Waals surface area (Å²) in [6.45, 7) is 4.18. The minimum atomic E-state index is -1.00. The van der Waals surface area contributed by atoms with Crippen LogP contribution in [0.1, 0.15) is 21.7 Å². The quantitative estimate of drug-likeness (QED) is 0.751. The number of aryl methyl sites for hydroxylation is 2. The van der Waals surface area contributed by atoms with E-state index in [1.54, 1.807) is 6.07 Å². The van der Waals surface area contributed by atoms with Gasteiger partial charge < -0.3 is 9.67 Å². The highest BCUT2D eigenvalue weighted by Gasteiger charge is 2.12. The van der Waals surface area contributed by atoms with Gasteiger partial charge in [-0.05, 0) is 37.6 Å². The Bertz CT molecular complexity index is 827. The summed E-state index contributed by atoms with van der Waals surface area (Å²) in [5.74, 6) is -1.00. The molecule has 0 aliphatic rings. The fourth-order valence-electron chi connectivity index (χ4n) is 2.49. The number of rotatable bonds is 2. The van der Waals surface area contributed by atoms with Crippen molar-refractivity contribution in [2.75, 3.05) is 0 Å². The summed E-state index contributed by atoms with van der Waals surface area (Å²) in [6, 6.07) is 7.61. The zero-order valence-corrected chi connectivity index (χ0v) is 11.6. The van der Waals surface area contributed by atoms with Crippen molar-refractivity contribution in [1.82, 2.24) is 14.8 Å². The summed E-state index contributed by atoms with van der Waals surface area (Å²) in [5.41, 5.74) is 5.28. The molecule has 3 aromatic rings. The molecule has 0 fully saturated rings. The zero-order valence-electron chi connectivity index (χ0n) is 11.6. The number of fused-ring (bicyclic) bond motifs is 1. The molecular weight excluding hydrogens is 254 g/mol. The maximum Gasteiger partial charge on any atom is 0.353 e. The summed E-state index contributed by atoms with van der Waals surface area (Å²) in [4.78, 5) is 10.9. The van der Waals surface area contributed by atoms with Crippen LogP contribution < -0.4 is 0 Å². The Labute approximate surface area is 115 Å². The van der Waals surface area contributed by atoms with E-state index in [1.165, 1.54) is 16.6 Å². The van der Waals surface area contributed by atoms with Crippen molar-refractivity contribution < 1.29 is 9.90 Å². The zero-order chi connectivity index (χ0) is 14.4. The van der Waals surface area contributed by atoms with Crippen molar-refractivity contribution in [2.24, 2.45) is 7.05 Å². The average molecular weight is 269 g/mol. The van der Waals surface area contributed by atoms with Gasteiger partial charge >= 0.3 is 5.97 Å². The van der Waals surface area contributed by atoms with Gasteiger partial charge in [-0.2, -0.15) is 5.10 Å². The first-order chi connectivity index (χ1) is 9.49. The highest BCUT2D eigenvalue weighted by Crippen LogP contribution is 2.28. The van der Waals surface area contributed by atoms with Crippen molar-refractivity contribution in [3.63, 3.8) is 0 Å². The maximum atomic E-state index is 10.9. The first-order valence-corrected chi connectivity index (χ1v) is 6.33. The molecule has 5 heteroatoms. The molecule has 20 heavy (non-hydrogen) atoms. The molecule has 2 heterocycles. The Balaban J connectivity index is 2.17. The number of aromatic carboxylic acids is 1. The largest absolute Gasteiger partial charge is 0.477 e. The highest BCUT2D eigenvalue weighted by molar-refractivity contribution is 5.90. The number of carbonyl (C=O) groups is 1. The van der Waals surface area contributed by atoms with Gasteiger partial charge in [0.1, 0.15) is 5.69 Å². The van der Waals surface area contributed by atoms with Crippen molar-refractivity contribution in [3.8, 4) is 11.3 Å². The molecule has 3 rings (SSSR count). The Morgan fingerprint density at radius 1 is 1.30 bits per heavy atom. The molecule has 2 aromatic heterocycles. The van der Waals surface area contributed by atoms with Gasteiger partial charge in [0.25, 0.3) is 0 Å². The van der Waals surface area contributed by atoms with Crippen LogP contribution in [0.2, 0.25) is 0 Å². The van der Waals surface area contributed by atoms with E-state index in [-0.39, 0.29) is 5.69 Å². The third-order valence-corrected chi connectivity index (χ3v) is 3.91. The monoisotopic (exact) mass is 269 g/mol. The molecule has 2 N–H and O–H groups in total. The second-order valence-electron chi connectivity index (χ2n) is 4.97. The molecule has 1 aromatic carbocycles. The Morgan fingerprint density at radius 2 is 2.05 bits per heavy atom. The number of aromatic nitrogens is 3. The van der Waals surface area contributed by atoms with Gasteiger partial charge in [-0.15, -0.1) is 0 Å². The third-order valence-electron chi connectivity index (χ3n) is 3.91. The van der Waals surface area contributed by atoms with E-state index >= 15 is 0 Å². The molecule has 0 atom stereocenters. The lowest BCUT2D eigenvalue weighted by atomic mass is 10.1. The lowest BCUT2D eigenvalue weighted by Gasteiger charge is -2.00. The minimum Gasteiger partial charge on any atom is -0.477 e. The van der Waals surface area contributed by atoms with Crippen LogP contribution in [0.3, 0.4) is 0 Å². The number of carboxylic acids is 1. The van der Waals surface area contributed by atoms with Gasteiger partial charge in [0.2, 0.25) is 0 Å². The van der Waals surface area contributed by atoms with E-state index in [0.29, 0.717) is 5.69 Å². The van der Waals surface area contributed by atoms with E-state index in [0.717, 1.165) is 11.1 Å². The number of carboxylic acid groups (broad SMARTS) is 1. The van der Waals surface area contributed by atoms with E-state index in [4.69, 9.17) is 5.11 Å². The lowest BCUT2D eigenvalue weighted by Crippen LogP contribution is -1.95. The number of H-pyrrole nitrogens is 1. The molecule has 0 spiro atoms. The molecule has 0 unspecified atom stereocenters. The molecule has 0 bridgehead atoms. The fraction of sp³-hybridized carbons (Fsp3) is 0.200. The van der Waals surface area contributed by atoms with E-state index < -0.39 is 5.97 Å². The highest BCUT2D eigenvalue weighted by atomic mass is 16.4. The molecule has 0 amide bonds. The van der Waals surface area contributed by atoms with Gasteiger partial charge in [-0.1, -0.05) is 6.07 Å². The van der Waals surface area contributed by atoms with Crippen molar-refractivity contribution >= 4 is 16.9 Å². The van der Waals surface area contributed by atoms with Crippen LogP contribution in [0.25, 0.3) is 22.2 Å². The fourth-order valence-corrected chi connectivity index (χ4v) is 2.49. The van der Waals surface area contributed by atoms with Crippen LogP contribution in [0.4, 0.5) is 0 Å². The van der Waals surface area contributed by atoms with Crippen molar-refractivity contribution in [2.45, 2.75) is 13.8 Å². The molecule has 5 nitrogen and oxygen atoms in total. The molecule has 0 saturated heterocycles. The van der Waals surface area contributed by atoms with Gasteiger partial charge in [0, 0.05) is 29.2 Å². The maximum absolute atomic E-state index is 10.9. The first-order valence-electron chi connectivity index (χ1n) is 6.33. The van der Waals surface area contributed by atoms with Gasteiger partial charge in [0.15, 0.2) is 0 Å². The Hall–Kier alpha value is -2.56. The van der Waals surface area contributed by atoms with Gasteiger partial charge in [0.05, 0.1) is 5.69 Å². The van der Waals surface area contributed by atoms with Crippen LogP contribution in [-0.2, 0) is 7.05 Å². The lowest BCUT2D eigenvalue weighted by molar-refractivity contribution is 0.0690. The number of aromatic amines is 1. The summed E-state index contributed by atoms with van der Waals surface area (Å²) in [5, 5.41) is 16.7. The average Bonchev–Trinajstić information content (AvgIpc) is 3.00. The molecule has 102 valence electrons. The second-order valence-corrected chi connectivity index (χ2v) is 4.97. The smallest absolute Gasteiger partial charge is 0.353 e. The summed E-state index contributed by atoms with van der Waals surface area (Å²) < 4.78 is 2.15. The van der Waals surface area contributed by atoms with Crippen LogP contribution in [0, 0.1) is 13.8 Å². The Kier molecular flexibility index (Phi) is 2.64. The predicted molar refractivity (Wildman–Crippen MR) is 76.9 cm³/mol. The van der Waals surface area contributed by atoms with Crippen molar-refractivity contribution in [3.05, 3.63) is 41.2 Å². The van der Waals surface area contributed by atoms with Crippen LogP contribution in [0.15, 0.2) is 24.3 Å². The summed E-state index contributed by atoms with van der Waals surface area (Å²) >= 11 is 0. The Morgan fingerprint density at radius 3 is 2.70 bits per heavy atom. The molecule has 0 radical (unpaired) electrons. The van der Waals surface area contributed by atoms with Crippen LogP contribution in [0.5, 0.6) is 0 Å². The van der Waals surface area contributed by atoms with Gasteiger partial charge in [-0.25, -0.2) is 4.79 Å². The molecular formula is C15H15N3O2. The van der Waals surface area contributed by atoms with E-state index in [2.05, 4.69) is 34.7 Å². The minimum absolute atomic E-state index is 0.0982. The second kappa shape index (κ2) is 4.23. The normalized spacial score (nSPS) is 11.2. The number of benzene rings is 1.